The van der Waals surface area contributed by atoms with Crippen LogP contribution in [0.2, 0.25) is 10.2 Å². The number of nitrogens with one attached hydrogen (secondary N) is 1. The normalized spacial score (nSPS) is 10.6. The lowest BCUT2D eigenvalue weighted by molar-refractivity contribution is -0.117. The Balaban J connectivity index is 2.13. The van der Waals surface area contributed by atoms with E-state index in [1.165, 1.54) is 16.8 Å². The van der Waals surface area contributed by atoms with Crippen LogP contribution in [0.1, 0.15) is 11.4 Å². The highest BCUT2D eigenvalue weighted by Crippen LogP contribution is 2.23. The molecule has 6 nitrogen and oxygen atoms in total. The molecule has 0 fully saturated rings. The summed E-state index contributed by atoms with van der Waals surface area (Å²) in [5.74, 6) is -0.540. The third kappa shape index (κ3) is 3.02. The van der Waals surface area contributed by atoms with Gasteiger partial charge in [-0.1, -0.05) is 23.2 Å². The Morgan fingerprint density at radius 3 is 2.70 bits per heavy atom. The predicted molar refractivity (Wildman–Crippen MR) is 76.3 cm³/mol. The molecule has 2 aromatic rings. The predicted octanol–water partition coefficient (Wildman–Crippen LogP) is 2.55. The van der Waals surface area contributed by atoms with Crippen LogP contribution in [-0.2, 0) is 11.3 Å². The van der Waals surface area contributed by atoms with Crippen molar-refractivity contribution in [1.82, 2.24) is 14.8 Å². The summed E-state index contributed by atoms with van der Waals surface area (Å²) < 4.78 is 1.48. The molecule has 0 unspecified atom stereocenters. The molecule has 0 aromatic carbocycles. The summed E-state index contributed by atoms with van der Waals surface area (Å²) in [6, 6.07) is 2.78. The van der Waals surface area contributed by atoms with Crippen LogP contribution >= 0.6 is 23.2 Å². The van der Waals surface area contributed by atoms with Gasteiger partial charge in [-0.25, -0.2) is 4.98 Å². The summed E-state index contributed by atoms with van der Waals surface area (Å²) in [5, 5.41) is 16.9. The van der Waals surface area contributed by atoms with E-state index in [0.29, 0.717) is 16.4 Å². The molecule has 8 heteroatoms. The molecule has 0 saturated carbocycles. The van der Waals surface area contributed by atoms with Crippen molar-refractivity contribution in [3.8, 4) is 5.75 Å². The Kier molecular flexibility index (Phi) is 4.15. The average molecular weight is 315 g/mol. The van der Waals surface area contributed by atoms with Crippen LogP contribution in [-0.4, -0.2) is 25.8 Å². The molecule has 2 N–H and O–H groups in total. The second-order valence-electron chi connectivity index (χ2n) is 4.19. The summed E-state index contributed by atoms with van der Waals surface area (Å²) >= 11 is 11.7. The maximum absolute atomic E-state index is 11.9. The van der Waals surface area contributed by atoms with E-state index in [-0.39, 0.29) is 23.3 Å². The zero-order valence-corrected chi connectivity index (χ0v) is 12.3. The number of aromatic hydroxyl groups is 1. The quantitative estimate of drug-likeness (QED) is 0.853. The van der Waals surface area contributed by atoms with Crippen LogP contribution in [0.3, 0.4) is 0 Å². The maximum Gasteiger partial charge on any atom is 0.247 e. The number of halogens is 2. The highest BCUT2D eigenvalue weighted by Gasteiger charge is 2.14. The van der Waals surface area contributed by atoms with Crippen molar-refractivity contribution in [3.05, 3.63) is 33.7 Å². The van der Waals surface area contributed by atoms with Crippen LogP contribution in [0, 0.1) is 13.8 Å². The van der Waals surface area contributed by atoms with Crippen LogP contribution in [0.4, 0.5) is 5.82 Å². The number of amides is 1. The molecule has 2 heterocycles. The van der Waals surface area contributed by atoms with Crippen molar-refractivity contribution in [1.29, 1.82) is 0 Å². The van der Waals surface area contributed by atoms with E-state index < -0.39 is 5.91 Å². The van der Waals surface area contributed by atoms with Crippen molar-refractivity contribution < 1.29 is 9.90 Å². The number of rotatable bonds is 3. The summed E-state index contributed by atoms with van der Waals surface area (Å²) in [5.41, 5.74) is 1.35. The number of carbonyl (C=O) groups is 1. The number of nitrogens with zero attached hydrogens (tertiary/aromatic N) is 3. The Hall–Kier alpha value is -1.79. The topological polar surface area (TPSA) is 80.0 Å². The summed E-state index contributed by atoms with van der Waals surface area (Å²) in [7, 11) is 0. The van der Waals surface area contributed by atoms with E-state index in [4.69, 9.17) is 23.2 Å². The first-order chi connectivity index (χ1) is 9.38. The van der Waals surface area contributed by atoms with Gasteiger partial charge in [0.05, 0.1) is 16.4 Å². The van der Waals surface area contributed by atoms with Gasteiger partial charge >= 0.3 is 0 Å². The van der Waals surface area contributed by atoms with Crippen molar-refractivity contribution >= 4 is 34.9 Å². The van der Waals surface area contributed by atoms with Crippen molar-refractivity contribution in [2.45, 2.75) is 20.4 Å². The van der Waals surface area contributed by atoms with Gasteiger partial charge in [0.2, 0.25) is 5.91 Å². The lowest BCUT2D eigenvalue weighted by Crippen LogP contribution is -2.21. The molecule has 0 bridgehead atoms. The molecule has 0 saturated heterocycles. The molecule has 0 aliphatic heterocycles. The van der Waals surface area contributed by atoms with Gasteiger partial charge in [-0.3, -0.25) is 9.48 Å². The van der Waals surface area contributed by atoms with Crippen LogP contribution in [0.25, 0.3) is 0 Å². The van der Waals surface area contributed by atoms with Gasteiger partial charge in [-0.2, -0.15) is 5.10 Å². The van der Waals surface area contributed by atoms with Gasteiger partial charge in [0.15, 0.2) is 11.6 Å². The molecule has 0 aliphatic carbocycles. The van der Waals surface area contributed by atoms with E-state index in [1.807, 2.05) is 0 Å². The molecule has 1 amide bonds. The lowest BCUT2D eigenvalue weighted by Gasteiger charge is -2.07. The van der Waals surface area contributed by atoms with Crippen LogP contribution in [0.15, 0.2) is 12.1 Å². The lowest BCUT2D eigenvalue weighted by atomic mass is 10.4. The minimum atomic E-state index is -0.391. The molecule has 106 valence electrons. The summed E-state index contributed by atoms with van der Waals surface area (Å²) in [4.78, 5) is 15.7. The van der Waals surface area contributed by atoms with E-state index in [9.17, 15) is 9.90 Å². The van der Waals surface area contributed by atoms with Gasteiger partial charge in [0, 0.05) is 0 Å². The van der Waals surface area contributed by atoms with E-state index in [2.05, 4.69) is 15.4 Å². The van der Waals surface area contributed by atoms with Gasteiger partial charge in [0.25, 0.3) is 0 Å². The second kappa shape index (κ2) is 5.68. The SMILES string of the molecule is Cc1nn(CC(=O)Nc2nc(Cl)ccc2O)c(C)c1Cl. The van der Waals surface area contributed by atoms with Crippen LogP contribution in [0.5, 0.6) is 5.75 Å². The standard InChI is InChI=1S/C12H12Cl2N4O2/c1-6-11(14)7(2)18(17-6)5-10(20)16-12-8(19)3-4-9(13)15-12/h3-4,19H,5H2,1-2H3,(H,15,16,20). The third-order valence-corrected chi connectivity index (χ3v) is 3.44. The van der Waals surface area contributed by atoms with Gasteiger partial charge < -0.3 is 10.4 Å². The van der Waals surface area contributed by atoms with Gasteiger partial charge in [-0.05, 0) is 26.0 Å². The van der Waals surface area contributed by atoms with Crippen molar-refractivity contribution in [2.24, 2.45) is 0 Å². The maximum atomic E-state index is 11.9. The minimum Gasteiger partial charge on any atom is -0.504 e. The van der Waals surface area contributed by atoms with Crippen molar-refractivity contribution in [2.75, 3.05) is 5.32 Å². The Morgan fingerprint density at radius 2 is 2.10 bits per heavy atom. The highest BCUT2D eigenvalue weighted by atomic mass is 35.5. The first kappa shape index (κ1) is 14.6. The van der Waals surface area contributed by atoms with E-state index in [0.717, 1.165) is 0 Å². The Bertz CT molecular complexity index is 670. The average Bonchev–Trinajstić information content (AvgIpc) is 2.61. The number of aromatic nitrogens is 3. The van der Waals surface area contributed by atoms with Crippen LogP contribution < -0.4 is 5.32 Å². The monoisotopic (exact) mass is 314 g/mol. The molecule has 0 aliphatic rings. The fourth-order valence-corrected chi connectivity index (χ4v) is 1.94. The molecule has 2 aromatic heterocycles. The number of aryl methyl sites for hydroxylation is 1. The zero-order chi connectivity index (χ0) is 14.9. The Morgan fingerprint density at radius 1 is 1.40 bits per heavy atom. The van der Waals surface area contributed by atoms with Gasteiger partial charge in [-0.15, -0.1) is 0 Å². The molecule has 0 atom stereocenters. The number of hydrogen-bond donors (Lipinski definition) is 2. The molecular weight excluding hydrogens is 303 g/mol. The second-order valence-corrected chi connectivity index (χ2v) is 4.96. The van der Waals surface area contributed by atoms with Gasteiger partial charge in [0.1, 0.15) is 11.7 Å². The smallest absolute Gasteiger partial charge is 0.247 e. The fourth-order valence-electron chi connectivity index (χ4n) is 1.66. The summed E-state index contributed by atoms with van der Waals surface area (Å²) in [6.45, 7) is 3.49. The number of hydrogen-bond acceptors (Lipinski definition) is 4. The first-order valence-electron chi connectivity index (χ1n) is 5.73. The largest absolute Gasteiger partial charge is 0.504 e. The number of carbonyl (C=O) groups excluding carboxylic acids is 1. The van der Waals surface area contributed by atoms with E-state index >= 15 is 0 Å². The van der Waals surface area contributed by atoms with E-state index in [1.54, 1.807) is 13.8 Å². The fraction of sp³-hybridized carbons (Fsp3) is 0.250. The Labute approximate surface area is 125 Å². The third-order valence-electron chi connectivity index (χ3n) is 2.68. The minimum absolute atomic E-state index is 0.00938. The molecule has 0 radical (unpaired) electrons. The molecule has 20 heavy (non-hydrogen) atoms. The molecule has 0 spiro atoms. The zero-order valence-electron chi connectivity index (χ0n) is 10.8. The highest BCUT2D eigenvalue weighted by molar-refractivity contribution is 6.31. The molecular formula is C12H12Cl2N4O2. The number of anilines is 1. The summed E-state index contributed by atoms with van der Waals surface area (Å²) in [6.07, 6.45) is 0. The number of pyridine rings is 1. The first-order valence-corrected chi connectivity index (χ1v) is 6.49. The molecule has 2 rings (SSSR count). The van der Waals surface area contributed by atoms with Crippen molar-refractivity contribution in [3.63, 3.8) is 0 Å².